The van der Waals surface area contributed by atoms with Gasteiger partial charge >= 0.3 is 12.1 Å². The van der Waals surface area contributed by atoms with Gasteiger partial charge < -0.3 is 20.1 Å². The van der Waals surface area contributed by atoms with Crippen LogP contribution in [0.3, 0.4) is 0 Å². The number of nitrogens with zero attached hydrogens (tertiary/aromatic N) is 1. The number of hydrogen-bond acceptors (Lipinski definition) is 6. The van der Waals surface area contributed by atoms with Crippen molar-refractivity contribution in [2.75, 3.05) is 11.9 Å². The first-order chi connectivity index (χ1) is 17.6. The number of nitrogens with one attached hydrogen (secondary N) is 2. The summed E-state index contributed by atoms with van der Waals surface area (Å²) in [5.41, 5.74) is 1.92. The van der Waals surface area contributed by atoms with E-state index in [0.717, 1.165) is 11.1 Å². The van der Waals surface area contributed by atoms with E-state index in [-0.39, 0.29) is 31.3 Å². The second-order valence-electron chi connectivity index (χ2n) is 9.84. The molecule has 37 heavy (non-hydrogen) atoms. The Hall–Kier alpha value is -4.07. The van der Waals surface area contributed by atoms with E-state index in [0.29, 0.717) is 17.8 Å². The van der Waals surface area contributed by atoms with E-state index >= 15 is 0 Å². The summed E-state index contributed by atoms with van der Waals surface area (Å²) in [6.45, 7) is 7.31. The maximum absolute atomic E-state index is 13.3. The summed E-state index contributed by atoms with van der Waals surface area (Å²) in [5.74, 6) is -0.487. The van der Waals surface area contributed by atoms with Crippen molar-refractivity contribution in [1.82, 2.24) is 9.88 Å². The molecule has 0 aliphatic rings. The molecule has 8 heteroatoms. The monoisotopic (exact) mass is 505 g/mol. The van der Waals surface area contributed by atoms with Gasteiger partial charge in [-0.05, 0) is 57.4 Å². The second kappa shape index (κ2) is 12.8. The highest BCUT2D eigenvalue weighted by Gasteiger charge is 2.20. The number of benzene rings is 2. The predicted octanol–water partition coefficient (Wildman–Crippen LogP) is 4.45. The SMILES string of the molecule is Cc1ccc(N[C@@H](CNC(=O)OCc2ccccc2)Cc2ccccc2)c(=O)n1CC(=O)OC(C)(C)C. The molecule has 8 nitrogen and oxygen atoms in total. The number of pyridine rings is 1. The molecule has 0 radical (unpaired) electrons. The molecule has 3 rings (SSSR count). The number of rotatable bonds is 10. The Bertz CT molecular complexity index is 1230. The van der Waals surface area contributed by atoms with Crippen molar-refractivity contribution >= 4 is 17.7 Å². The normalized spacial score (nSPS) is 11.9. The molecule has 196 valence electrons. The van der Waals surface area contributed by atoms with Crippen molar-refractivity contribution in [3.05, 3.63) is 100.0 Å². The van der Waals surface area contributed by atoms with Crippen LogP contribution in [-0.2, 0) is 33.8 Å². The van der Waals surface area contributed by atoms with Crippen LogP contribution in [0.2, 0.25) is 0 Å². The quantitative estimate of drug-likeness (QED) is 0.395. The number of esters is 1. The fourth-order valence-corrected chi connectivity index (χ4v) is 3.75. The molecule has 0 saturated carbocycles. The molecule has 2 N–H and O–H groups in total. The van der Waals surface area contributed by atoms with E-state index in [1.165, 1.54) is 4.57 Å². The summed E-state index contributed by atoms with van der Waals surface area (Å²) in [7, 11) is 0. The second-order valence-corrected chi connectivity index (χ2v) is 9.84. The average Bonchev–Trinajstić information content (AvgIpc) is 2.85. The van der Waals surface area contributed by atoms with E-state index in [4.69, 9.17) is 9.47 Å². The van der Waals surface area contributed by atoms with Crippen LogP contribution in [0.5, 0.6) is 0 Å². The van der Waals surface area contributed by atoms with E-state index in [9.17, 15) is 14.4 Å². The third-order valence-corrected chi connectivity index (χ3v) is 5.49. The molecule has 0 aliphatic heterocycles. The van der Waals surface area contributed by atoms with Gasteiger partial charge in [-0.2, -0.15) is 0 Å². The molecule has 0 fully saturated rings. The number of ether oxygens (including phenoxy) is 2. The van der Waals surface area contributed by atoms with Gasteiger partial charge in [-0.3, -0.25) is 14.2 Å². The Balaban J connectivity index is 1.71. The molecule has 1 amide bonds. The maximum Gasteiger partial charge on any atom is 0.407 e. The maximum atomic E-state index is 13.3. The summed E-state index contributed by atoms with van der Waals surface area (Å²) in [4.78, 5) is 38.0. The minimum Gasteiger partial charge on any atom is -0.459 e. The zero-order valence-electron chi connectivity index (χ0n) is 21.8. The van der Waals surface area contributed by atoms with Gasteiger partial charge in [-0.25, -0.2) is 4.79 Å². The zero-order chi connectivity index (χ0) is 26.8. The van der Waals surface area contributed by atoms with Gasteiger partial charge in [0.1, 0.15) is 24.4 Å². The lowest BCUT2D eigenvalue weighted by atomic mass is 10.1. The van der Waals surface area contributed by atoms with Crippen molar-refractivity contribution in [1.29, 1.82) is 0 Å². The van der Waals surface area contributed by atoms with Crippen LogP contribution in [-0.4, -0.2) is 34.8 Å². The van der Waals surface area contributed by atoms with Crippen molar-refractivity contribution in [3.63, 3.8) is 0 Å². The summed E-state index contributed by atoms with van der Waals surface area (Å²) in [6.07, 6.45) is 0.00841. The van der Waals surface area contributed by atoms with Gasteiger partial charge in [0, 0.05) is 18.3 Å². The van der Waals surface area contributed by atoms with Gasteiger partial charge in [0.2, 0.25) is 0 Å². The van der Waals surface area contributed by atoms with Crippen LogP contribution in [0, 0.1) is 6.92 Å². The van der Waals surface area contributed by atoms with Crippen molar-refractivity contribution in [3.8, 4) is 0 Å². The summed E-state index contributed by atoms with van der Waals surface area (Å²) < 4.78 is 12.1. The molecule has 3 aromatic rings. The van der Waals surface area contributed by atoms with Crippen molar-refractivity contribution in [2.24, 2.45) is 0 Å². The third-order valence-electron chi connectivity index (χ3n) is 5.49. The number of aromatic nitrogens is 1. The smallest absolute Gasteiger partial charge is 0.407 e. The van der Waals surface area contributed by atoms with Gasteiger partial charge in [-0.15, -0.1) is 0 Å². The molecular weight excluding hydrogens is 470 g/mol. The standard InChI is InChI=1S/C29H35N3O5/c1-21-15-16-25(27(34)32(21)19-26(33)37-29(2,3)4)31-24(17-22-11-7-5-8-12-22)18-30-28(35)36-20-23-13-9-6-10-14-23/h5-16,24,31H,17-20H2,1-4H3,(H,30,35)/t24-/m1/s1. The molecule has 0 spiro atoms. The van der Waals surface area contributed by atoms with Crippen LogP contribution in [0.25, 0.3) is 0 Å². The molecular formula is C29H35N3O5. The van der Waals surface area contributed by atoms with Crippen LogP contribution < -0.4 is 16.2 Å². The molecule has 0 unspecified atom stereocenters. The Morgan fingerprint density at radius 2 is 1.54 bits per heavy atom. The number of aryl methyl sites for hydroxylation is 1. The van der Waals surface area contributed by atoms with Crippen molar-refractivity contribution in [2.45, 2.75) is 58.9 Å². The van der Waals surface area contributed by atoms with Crippen LogP contribution in [0.4, 0.5) is 10.5 Å². The minimum atomic E-state index is -0.647. The van der Waals surface area contributed by atoms with Crippen LogP contribution >= 0.6 is 0 Å². The summed E-state index contributed by atoms with van der Waals surface area (Å²) in [5, 5.41) is 6.05. The lowest BCUT2D eigenvalue weighted by Crippen LogP contribution is -2.40. The van der Waals surface area contributed by atoms with Crippen LogP contribution in [0.1, 0.15) is 37.6 Å². The molecule has 1 heterocycles. The van der Waals surface area contributed by atoms with Crippen LogP contribution in [0.15, 0.2) is 77.6 Å². The zero-order valence-corrected chi connectivity index (χ0v) is 21.8. The molecule has 0 bridgehead atoms. The van der Waals surface area contributed by atoms with E-state index in [2.05, 4.69) is 10.6 Å². The minimum absolute atomic E-state index is 0.163. The first-order valence-electron chi connectivity index (χ1n) is 12.3. The Kier molecular flexibility index (Phi) is 9.49. The van der Waals surface area contributed by atoms with E-state index < -0.39 is 17.7 Å². The summed E-state index contributed by atoms with van der Waals surface area (Å²) >= 11 is 0. The molecule has 1 atom stereocenters. The highest BCUT2D eigenvalue weighted by Crippen LogP contribution is 2.12. The Labute approximate surface area is 217 Å². The molecule has 1 aromatic heterocycles. The number of amides is 1. The van der Waals surface area contributed by atoms with Crippen molar-refractivity contribution < 1.29 is 19.1 Å². The first-order valence-corrected chi connectivity index (χ1v) is 12.3. The molecule has 0 aliphatic carbocycles. The number of alkyl carbamates (subject to hydrolysis) is 1. The highest BCUT2D eigenvalue weighted by molar-refractivity contribution is 5.70. The largest absolute Gasteiger partial charge is 0.459 e. The van der Waals surface area contributed by atoms with Gasteiger partial charge in [-0.1, -0.05) is 60.7 Å². The molecule has 2 aromatic carbocycles. The van der Waals surface area contributed by atoms with Gasteiger partial charge in [0.25, 0.3) is 5.56 Å². The lowest BCUT2D eigenvalue weighted by molar-refractivity contribution is -0.155. The first kappa shape index (κ1) is 27.5. The average molecular weight is 506 g/mol. The fraction of sp³-hybridized carbons (Fsp3) is 0.345. The van der Waals surface area contributed by atoms with Gasteiger partial charge in [0.15, 0.2) is 0 Å². The lowest BCUT2D eigenvalue weighted by Gasteiger charge is -2.22. The van der Waals surface area contributed by atoms with E-state index in [1.807, 2.05) is 60.7 Å². The number of carbonyl (C=O) groups excluding carboxylic acids is 2. The third kappa shape index (κ3) is 9.14. The fourth-order valence-electron chi connectivity index (χ4n) is 3.75. The number of hydrogen-bond donors (Lipinski definition) is 2. The summed E-state index contributed by atoms with van der Waals surface area (Å²) in [6, 6.07) is 22.4. The van der Waals surface area contributed by atoms with E-state index in [1.54, 1.807) is 39.8 Å². The Morgan fingerprint density at radius 3 is 2.16 bits per heavy atom. The topological polar surface area (TPSA) is 98.7 Å². The molecule has 0 saturated heterocycles. The van der Waals surface area contributed by atoms with Gasteiger partial charge in [0.05, 0.1) is 0 Å². The number of anilines is 1. The number of carbonyl (C=O) groups is 2. The predicted molar refractivity (Wildman–Crippen MR) is 143 cm³/mol. The Morgan fingerprint density at radius 1 is 0.919 bits per heavy atom. The highest BCUT2D eigenvalue weighted by atomic mass is 16.6.